The van der Waals surface area contributed by atoms with Crippen LogP contribution >= 0.6 is 0 Å². The molecular weight excluding hydrogens is 169 g/mol. The molecule has 0 rings (SSSR count). The molecule has 13 heavy (non-hydrogen) atoms. The molecule has 0 saturated carbocycles. The van der Waals surface area contributed by atoms with Gasteiger partial charge < -0.3 is 10.5 Å². The Kier molecular flexibility index (Phi) is 8.35. The minimum Gasteiger partial charge on any atom is -0.347 e. The molecule has 0 saturated heterocycles. The van der Waals surface area contributed by atoms with Crippen molar-refractivity contribution in [2.24, 2.45) is 5.73 Å². The van der Waals surface area contributed by atoms with Gasteiger partial charge in [-0.25, -0.2) is 4.39 Å². The summed E-state index contributed by atoms with van der Waals surface area (Å²) in [7, 11) is 0. The monoisotopic (exact) mass is 191 g/mol. The first-order valence-electron chi connectivity index (χ1n) is 5.23. The standard InChI is InChI=1S/C10H22FNO/c1-3-5-7-9(12)10(11)13-8-6-4-2/h9-10H,3-8,12H2,1-2H3. The highest BCUT2D eigenvalue weighted by atomic mass is 19.1. The molecule has 0 aliphatic carbocycles. The molecule has 0 aromatic carbocycles. The number of hydrogen-bond donors (Lipinski definition) is 1. The van der Waals surface area contributed by atoms with Gasteiger partial charge in [0.1, 0.15) is 0 Å². The third-order valence-corrected chi connectivity index (χ3v) is 2.00. The van der Waals surface area contributed by atoms with Crippen molar-refractivity contribution in [2.45, 2.75) is 58.4 Å². The molecule has 0 aliphatic heterocycles. The molecule has 2 nitrogen and oxygen atoms in total. The molecule has 80 valence electrons. The van der Waals surface area contributed by atoms with E-state index in [4.69, 9.17) is 10.5 Å². The number of rotatable bonds is 8. The fraction of sp³-hybridized carbons (Fsp3) is 1.00. The van der Waals surface area contributed by atoms with Crippen LogP contribution in [0.3, 0.4) is 0 Å². The van der Waals surface area contributed by atoms with Crippen LogP contribution in [0, 0.1) is 0 Å². The van der Waals surface area contributed by atoms with E-state index in [0.29, 0.717) is 13.0 Å². The summed E-state index contributed by atoms with van der Waals surface area (Å²) >= 11 is 0. The smallest absolute Gasteiger partial charge is 0.214 e. The van der Waals surface area contributed by atoms with Gasteiger partial charge in [0.05, 0.1) is 12.6 Å². The molecule has 0 radical (unpaired) electrons. The molecule has 2 N–H and O–H groups in total. The predicted molar refractivity (Wildman–Crippen MR) is 53.3 cm³/mol. The molecule has 2 atom stereocenters. The summed E-state index contributed by atoms with van der Waals surface area (Å²) < 4.78 is 18.0. The first kappa shape index (κ1) is 12.8. The van der Waals surface area contributed by atoms with Gasteiger partial charge in [-0.2, -0.15) is 0 Å². The summed E-state index contributed by atoms with van der Waals surface area (Å²) in [4.78, 5) is 0. The average Bonchev–Trinajstić information content (AvgIpc) is 2.14. The van der Waals surface area contributed by atoms with Crippen molar-refractivity contribution in [1.29, 1.82) is 0 Å². The first-order chi connectivity index (χ1) is 6.22. The van der Waals surface area contributed by atoms with Gasteiger partial charge in [0.25, 0.3) is 0 Å². The SMILES string of the molecule is CCCCOC(F)C(N)CCCC. The Bertz CT molecular complexity index is 111. The first-order valence-corrected chi connectivity index (χ1v) is 5.23. The van der Waals surface area contributed by atoms with E-state index in [9.17, 15) is 4.39 Å². The molecule has 2 unspecified atom stereocenters. The van der Waals surface area contributed by atoms with Crippen molar-refractivity contribution in [1.82, 2.24) is 0 Å². The Morgan fingerprint density at radius 1 is 1.23 bits per heavy atom. The lowest BCUT2D eigenvalue weighted by Crippen LogP contribution is -2.33. The maximum atomic E-state index is 13.1. The summed E-state index contributed by atoms with van der Waals surface area (Å²) in [5, 5.41) is 0. The van der Waals surface area contributed by atoms with E-state index in [1.807, 2.05) is 6.92 Å². The Morgan fingerprint density at radius 2 is 1.85 bits per heavy atom. The van der Waals surface area contributed by atoms with Gasteiger partial charge in [0.15, 0.2) is 0 Å². The highest BCUT2D eigenvalue weighted by Gasteiger charge is 2.15. The molecule has 3 heteroatoms. The normalized spacial score (nSPS) is 15.7. The number of hydrogen-bond acceptors (Lipinski definition) is 2. The Hall–Kier alpha value is -0.150. The molecule has 0 bridgehead atoms. The van der Waals surface area contributed by atoms with Gasteiger partial charge in [-0.05, 0) is 12.8 Å². The van der Waals surface area contributed by atoms with Crippen LogP contribution in [0.2, 0.25) is 0 Å². The van der Waals surface area contributed by atoms with E-state index in [-0.39, 0.29) is 0 Å². The van der Waals surface area contributed by atoms with Crippen LogP contribution in [0.15, 0.2) is 0 Å². The van der Waals surface area contributed by atoms with Crippen molar-refractivity contribution < 1.29 is 9.13 Å². The zero-order valence-corrected chi connectivity index (χ0v) is 8.76. The molecule has 0 heterocycles. The molecule has 0 aliphatic rings. The van der Waals surface area contributed by atoms with Crippen LogP contribution in [-0.4, -0.2) is 19.0 Å². The topological polar surface area (TPSA) is 35.2 Å². The van der Waals surface area contributed by atoms with Gasteiger partial charge >= 0.3 is 0 Å². The molecular formula is C10H22FNO. The zero-order valence-electron chi connectivity index (χ0n) is 8.76. The summed E-state index contributed by atoms with van der Waals surface area (Å²) in [5.41, 5.74) is 5.59. The summed E-state index contributed by atoms with van der Waals surface area (Å²) in [6, 6.07) is -0.447. The van der Waals surface area contributed by atoms with Crippen LogP contribution in [0.4, 0.5) is 4.39 Å². The van der Waals surface area contributed by atoms with Gasteiger partial charge in [-0.15, -0.1) is 0 Å². The maximum Gasteiger partial charge on any atom is 0.214 e. The van der Waals surface area contributed by atoms with E-state index in [1.165, 1.54) is 0 Å². The van der Waals surface area contributed by atoms with E-state index in [1.54, 1.807) is 0 Å². The maximum absolute atomic E-state index is 13.1. The second-order valence-corrected chi connectivity index (χ2v) is 3.38. The van der Waals surface area contributed by atoms with Gasteiger partial charge in [-0.1, -0.05) is 33.1 Å². The van der Waals surface area contributed by atoms with Crippen molar-refractivity contribution in [3.05, 3.63) is 0 Å². The summed E-state index contributed by atoms with van der Waals surface area (Å²) in [6.07, 6.45) is 3.38. The van der Waals surface area contributed by atoms with E-state index < -0.39 is 12.4 Å². The lowest BCUT2D eigenvalue weighted by atomic mass is 10.1. The van der Waals surface area contributed by atoms with Gasteiger partial charge in [0.2, 0.25) is 6.36 Å². The van der Waals surface area contributed by atoms with Crippen LogP contribution in [-0.2, 0) is 4.74 Å². The second kappa shape index (κ2) is 8.45. The molecule has 0 aromatic heterocycles. The quantitative estimate of drug-likeness (QED) is 0.598. The average molecular weight is 191 g/mol. The van der Waals surface area contributed by atoms with Crippen molar-refractivity contribution in [2.75, 3.05) is 6.61 Å². The second-order valence-electron chi connectivity index (χ2n) is 3.38. The molecule has 0 amide bonds. The van der Waals surface area contributed by atoms with Crippen molar-refractivity contribution >= 4 is 0 Å². The highest BCUT2D eigenvalue weighted by molar-refractivity contribution is 4.64. The number of halogens is 1. The van der Waals surface area contributed by atoms with Crippen LogP contribution in [0.25, 0.3) is 0 Å². The summed E-state index contributed by atoms with van der Waals surface area (Å²) in [5.74, 6) is 0. The Labute approximate surface area is 80.6 Å². The number of unbranched alkanes of at least 4 members (excludes halogenated alkanes) is 2. The molecule has 0 aromatic rings. The Morgan fingerprint density at radius 3 is 2.38 bits per heavy atom. The van der Waals surface area contributed by atoms with Gasteiger partial charge in [-0.3, -0.25) is 0 Å². The van der Waals surface area contributed by atoms with Crippen LogP contribution in [0.5, 0.6) is 0 Å². The predicted octanol–water partition coefficient (Wildman–Crippen LogP) is 2.62. The van der Waals surface area contributed by atoms with Gasteiger partial charge in [0, 0.05) is 0 Å². The summed E-state index contributed by atoms with van der Waals surface area (Å²) in [6.45, 7) is 4.60. The number of ether oxygens (including phenoxy) is 1. The fourth-order valence-corrected chi connectivity index (χ4v) is 1.03. The van der Waals surface area contributed by atoms with Crippen LogP contribution < -0.4 is 5.73 Å². The van der Waals surface area contributed by atoms with E-state index in [2.05, 4.69) is 6.92 Å². The van der Waals surface area contributed by atoms with E-state index >= 15 is 0 Å². The highest BCUT2D eigenvalue weighted by Crippen LogP contribution is 2.07. The lowest BCUT2D eigenvalue weighted by molar-refractivity contribution is -0.0570. The molecule has 0 fully saturated rings. The molecule has 0 spiro atoms. The number of nitrogens with two attached hydrogens (primary N) is 1. The lowest BCUT2D eigenvalue weighted by Gasteiger charge is -2.16. The Balaban J connectivity index is 3.38. The van der Waals surface area contributed by atoms with Crippen molar-refractivity contribution in [3.8, 4) is 0 Å². The minimum absolute atomic E-state index is 0.447. The van der Waals surface area contributed by atoms with Crippen molar-refractivity contribution in [3.63, 3.8) is 0 Å². The fourth-order valence-electron chi connectivity index (χ4n) is 1.03. The third-order valence-electron chi connectivity index (χ3n) is 2.00. The van der Waals surface area contributed by atoms with E-state index in [0.717, 1.165) is 25.7 Å². The largest absolute Gasteiger partial charge is 0.347 e. The third kappa shape index (κ3) is 6.96. The zero-order chi connectivity index (χ0) is 10.1. The van der Waals surface area contributed by atoms with Crippen LogP contribution in [0.1, 0.15) is 46.0 Å². The minimum atomic E-state index is -1.28. The number of alkyl halides is 1.